The number of aromatic nitrogens is 3. The molecule has 2 rings (SSSR count). The van der Waals surface area contributed by atoms with E-state index < -0.39 is 0 Å². The van der Waals surface area contributed by atoms with Gasteiger partial charge in [0.15, 0.2) is 5.16 Å². The van der Waals surface area contributed by atoms with Crippen LogP contribution in [-0.4, -0.2) is 60.0 Å². The summed E-state index contributed by atoms with van der Waals surface area (Å²) in [6.07, 6.45) is 0. The van der Waals surface area contributed by atoms with Gasteiger partial charge in [-0.15, -0.1) is 0 Å². The van der Waals surface area contributed by atoms with Crippen LogP contribution in [0.5, 0.6) is 0 Å². The van der Waals surface area contributed by atoms with Crippen molar-refractivity contribution in [1.29, 1.82) is 0 Å². The van der Waals surface area contributed by atoms with Crippen LogP contribution in [0.2, 0.25) is 5.28 Å². The monoisotopic (exact) mass is 303 g/mol. The van der Waals surface area contributed by atoms with Crippen molar-refractivity contribution in [3.63, 3.8) is 0 Å². The molecule has 1 N–H and O–H groups in total. The number of hydrogen-bond donors (Lipinski definition) is 1. The van der Waals surface area contributed by atoms with Crippen LogP contribution in [-0.2, 0) is 9.53 Å². The van der Waals surface area contributed by atoms with Crippen molar-refractivity contribution in [3.05, 3.63) is 5.28 Å². The van der Waals surface area contributed by atoms with Gasteiger partial charge in [0.2, 0.25) is 17.1 Å². The lowest BCUT2D eigenvalue weighted by atomic mass is 10.4. The van der Waals surface area contributed by atoms with Gasteiger partial charge in [-0.1, -0.05) is 11.8 Å². The molecule has 0 aromatic carbocycles. The molecule has 19 heavy (non-hydrogen) atoms. The predicted molar refractivity (Wildman–Crippen MR) is 72.7 cm³/mol. The lowest BCUT2D eigenvalue weighted by Crippen LogP contribution is -2.37. The number of amides is 1. The Labute approximate surface area is 120 Å². The van der Waals surface area contributed by atoms with Gasteiger partial charge in [-0.3, -0.25) is 4.79 Å². The Morgan fingerprint density at radius 1 is 1.42 bits per heavy atom. The molecule has 0 aliphatic carbocycles. The molecule has 9 heteroatoms. The highest BCUT2D eigenvalue weighted by molar-refractivity contribution is 7.99. The number of halogens is 1. The van der Waals surface area contributed by atoms with Gasteiger partial charge < -0.3 is 15.0 Å². The van der Waals surface area contributed by atoms with Crippen LogP contribution in [0.25, 0.3) is 0 Å². The van der Waals surface area contributed by atoms with Gasteiger partial charge in [-0.2, -0.15) is 15.0 Å². The number of hydrogen-bond acceptors (Lipinski definition) is 7. The van der Waals surface area contributed by atoms with Crippen molar-refractivity contribution in [2.45, 2.75) is 5.16 Å². The summed E-state index contributed by atoms with van der Waals surface area (Å²) in [6, 6.07) is 0. The molecule has 1 aliphatic rings. The van der Waals surface area contributed by atoms with E-state index in [4.69, 9.17) is 16.3 Å². The van der Waals surface area contributed by atoms with E-state index in [-0.39, 0.29) is 16.9 Å². The third-order valence-electron chi connectivity index (χ3n) is 2.48. The molecule has 1 aliphatic heterocycles. The summed E-state index contributed by atoms with van der Waals surface area (Å²) in [7, 11) is 1.59. The molecular formula is C10H14ClN5O2S. The van der Waals surface area contributed by atoms with E-state index in [0.29, 0.717) is 24.3 Å². The topological polar surface area (TPSA) is 80.2 Å². The van der Waals surface area contributed by atoms with Gasteiger partial charge in [0.1, 0.15) is 0 Å². The molecule has 0 radical (unpaired) electrons. The summed E-state index contributed by atoms with van der Waals surface area (Å²) in [5.74, 6) is 0.691. The minimum absolute atomic E-state index is 0.0885. The Kier molecular flexibility index (Phi) is 5.17. The van der Waals surface area contributed by atoms with Crippen molar-refractivity contribution in [2.24, 2.45) is 0 Å². The largest absolute Gasteiger partial charge is 0.378 e. The number of morpholine rings is 1. The Morgan fingerprint density at radius 2 is 2.16 bits per heavy atom. The maximum absolute atomic E-state index is 11.2. The van der Waals surface area contributed by atoms with E-state index in [0.717, 1.165) is 13.1 Å². The number of ether oxygens (including phenoxy) is 1. The van der Waals surface area contributed by atoms with Gasteiger partial charge in [0.25, 0.3) is 0 Å². The molecule has 1 aromatic heterocycles. The van der Waals surface area contributed by atoms with Crippen molar-refractivity contribution in [2.75, 3.05) is 44.0 Å². The van der Waals surface area contributed by atoms with Crippen LogP contribution < -0.4 is 10.2 Å². The average molecular weight is 304 g/mol. The highest BCUT2D eigenvalue weighted by Gasteiger charge is 2.16. The normalized spacial score (nSPS) is 15.4. The molecule has 0 saturated carbocycles. The SMILES string of the molecule is CNC(=O)CSc1nc(Cl)nc(N2CCOCC2)n1. The second kappa shape index (κ2) is 6.88. The molecule has 0 spiro atoms. The second-order valence-electron chi connectivity index (χ2n) is 3.75. The third-order valence-corrected chi connectivity index (χ3v) is 3.50. The van der Waals surface area contributed by atoms with Crippen LogP contribution in [0, 0.1) is 0 Å². The Bertz CT molecular complexity index is 456. The molecule has 1 aromatic rings. The number of anilines is 1. The summed E-state index contributed by atoms with van der Waals surface area (Å²) in [6.45, 7) is 2.73. The number of rotatable bonds is 4. The zero-order chi connectivity index (χ0) is 13.7. The molecule has 0 unspecified atom stereocenters. The quantitative estimate of drug-likeness (QED) is 0.796. The van der Waals surface area contributed by atoms with E-state index in [2.05, 4.69) is 20.3 Å². The molecular weight excluding hydrogens is 290 g/mol. The van der Waals surface area contributed by atoms with Gasteiger partial charge in [0.05, 0.1) is 19.0 Å². The zero-order valence-electron chi connectivity index (χ0n) is 10.4. The number of nitrogens with zero attached hydrogens (tertiary/aromatic N) is 4. The highest BCUT2D eigenvalue weighted by Crippen LogP contribution is 2.19. The maximum atomic E-state index is 11.2. The van der Waals surface area contributed by atoms with Gasteiger partial charge >= 0.3 is 0 Å². The molecule has 104 valence electrons. The first kappa shape index (κ1) is 14.3. The van der Waals surface area contributed by atoms with E-state index >= 15 is 0 Å². The van der Waals surface area contributed by atoms with E-state index in [1.165, 1.54) is 11.8 Å². The Hall–Kier alpha value is -1.12. The molecule has 0 atom stereocenters. The van der Waals surface area contributed by atoms with E-state index in [9.17, 15) is 4.79 Å². The Morgan fingerprint density at radius 3 is 2.84 bits per heavy atom. The van der Waals surface area contributed by atoms with Crippen molar-refractivity contribution in [3.8, 4) is 0 Å². The minimum atomic E-state index is -0.0885. The summed E-state index contributed by atoms with van der Waals surface area (Å²) >= 11 is 7.11. The first-order chi connectivity index (χ1) is 9.19. The van der Waals surface area contributed by atoms with Gasteiger partial charge in [0, 0.05) is 20.1 Å². The average Bonchev–Trinajstić information content (AvgIpc) is 2.45. The number of nitrogens with one attached hydrogen (secondary N) is 1. The van der Waals surface area contributed by atoms with Crippen molar-refractivity contribution < 1.29 is 9.53 Å². The lowest BCUT2D eigenvalue weighted by Gasteiger charge is -2.26. The molecule has 1 fully saturated rings. The van der Waals surface area contributed by atoms with Crippen LogP contribution in [0.3, 0.4) is 0 Å². The van der Waals surface area contributed by atoms with Gasteiger partial charge in [-0.05, 0) is 11.6 Å². The summed E-state index contributed by atoms with van der Waals surface area (Å²) in [5, 5.41) is 3.12. The summed E-state index contributed by atoms with van der Waals surface area (Å²) in [4.78, 5) is 25.6. The second-order valence-corrected chi connectivity index (χ2v) is 5.03. The Balaban J connectivity index is 2.07. The lowest BCUT2D eigenvalue weighted by molar-refractivity contribution is -0.118. The predicted octanol–water partition coefficient (Wildman–Crippen LogP) is 0.200. The minimum Gasteiger partial charge on any atom is -0.378 e. The third kappa shape index (κ3) is 4.19. The van der Waals surface area contributed by atoms with Crippen LogP contribution in [0.4, 0.5) is 5.95 Å². The smallest absolute Gasteiger partial charge is 0.230 e. The van der Waals surface area contributed by atoms with E-state index in [1.807, 2.05) is 4.90 Å². The fourth-order valence-corrected chi connectivity index (χ4v) is 2.40. The summed E-state index contributed by atoms with van der Waals surface area (Å²) < 4.78 is 5.27. The van der Waals surface area contributed by atoms with Crippen LogP contribution in [0.15, 0.2) is 5.16 Å². The first-order valence-corrected chi connectivity index (χ1v) is 7.13. The fourth-order valence-electron chi connectivity index (χ4n) is 1.49. The van der Waals surface area contributed by atoms with Crippen LogP contribution in [0.1, 0.15) is 0 Å². The standard InChI is InChI=1S/C10H14ClN5O2S/c1-12-7(17)6-19-10-14-8(11)13-9(15-10)16-2-4-18-5-3-16/h2-6H2,1H3,(H,12,17). The summed E-state index contributed by atoms with van der Waals surface area (Å²) in [5.41, 5.74) is 0. The van der Waals surface area contributed by atoms with Crippen LogP contribution >= 0.6 is 23.4 Å². The first-order valence-electron chi connectivity index (χ1n) is 5.76. The van der Waals surface area contributed by atoms with Crippen molar-refractivity contribution in [1.82, 2.24) is 20.3 Å². The highest BCUT2D eigenvalue weighted by atomic mass is 35.5. The van der Waals surface area contributed by atoms with Gasteiger partial charge in [-0.25, -0.2) is 0 Å². The fraction of sp³-hybridized carbons (Fsp3) is 0.600. The number of carbonyl (C=O) groups excluding carboxylic acids is 1. The molecule has 7 nitrogen and oxygen atoms in total. The number of carbonyl (C=O) groups is 1. The molecule has 1 saturated heterocycles. The van der Waals surface area contributed by atoms with Crippen molar-refractivity contribution >= 4 is 35.2 Å². The molecule has 0 bridgehead atoms. The molecule has 1 amide bonds. The maximum Gasteiger partial charge on any atom is 0.230 e. The van der Waals surface area contributed by atoms with E-state index in [1.54, 1.807) is 7.05 Å². The zero-order valence-corrected chi connectivity index (χ0v) is 12.0. The molecule has 2 heterocycles. The number of thioether (sulfide) groups is 1.